The van der Waals surface area contributed by atoms with E-state index >= 15 is 0 Å². The predicted octanol–water partition coefficient (Wildman–Crippen LogP) is 6.73. The predicted molar refractivity (Wildman–Crippen MR) is 116 cm³/mol. The lowest BCUT2D eigenvalue weighted by Gasteiger charge is -2.10. The summed E-state index contributed by atoms with van der Waals surface area (Å²) in [6.07, 6.45) is -4.48. The number of aromatic nitrogens is 1. The lowest BCUT2D eigenvalue weighted by Crippen LogP contribution is -2.13. The average Bonchev–Trinajstić information content (AvgIpc) is 3.36. The topological polar surface area (TPSA) is 54.0 Å². The van der Waals surface area contributed by atoms with Crippen LogP contribution in [0.15, 0.2) is 53.9 Å². The Kier molecular flexibility index (Phi) is 5.48. The van der Waals surface area contributed by atoms with E-state index < -0.39 is 17.6 Å². The number of pyridine rings is 1. The molecule has 1 amide bonds. The highest BCUT2D eigenvalue weighted by atomic mass is 32.1. The molecule has 9 heteroatoms. The van der Waals surface area contributed by atoms with Crippen LogP contribution in [0.4, 0.5) is 24.5 Å². The molecular weight excluding hydrogens is 431 g/mol. The Labute approximate surface area is 178 Å². The maximum Gasteiger partial charge on any atom is 0.416 e. The van der Waals surface area contributed by atoms with Crippen molar-refractivity contribution in [3.8, 4) is 10.6 Å². The number of amides is 1. The Bertz CT molecular complexity index is 1200. The van der Waals surface area contributed by atoms with E-state index in [-0.39, 0.29) is 5.69 Å². The van der Waals surface area contributed by atoms with Crippen molar-refractivity contribution in [1.29, 1.82) is 0 Å². The minimum Gasteiger partial charge on any atom is -0.383 e. The SMILES string of the molecule is CCNc1c(C(=O)Nc2cccc(C(F)(F)F)c2)sc2nc(-c3cccs3)ccc12. The number of benzene rings is 1. The van der Waals surface area contributed by atoms with Crippen molar-refractivity contribution in [3.63, 3.8) is 0 Å². The molecule has 30 heavy (non-hydrogen) atoms. The van der Waals surface area contributed by atoms with E-state index in [2.05, 4.69) is 15.6 Å². The first-order chi connectivity index (χ1) is 14.4. The molecule has 4 rings (SSSR count). The fourth-order valence-corrected chi connectivity index (χ4v) is 4.75. The number of nitrogens with zero attached hydrogens (tertiary/aromatic N) is 1. The number of carbonyl (C=O) groups excluding carboxylic acids is 1. The second-order valence-electron chi connectivity index (χ2n) is 6.40. The van der Waals surface area contributed by atoms with Crippen LogP contribution in [0.5, 0.6) is 0 Å². The molecule has 0 aliphatic rings. The Morgan fingerprint density at radius 3 is 2.67 bits per heavy atom. The van der Waals surface area contributed by atoms with E-state index in [1.807, 2.05) is 36.6 Å². The van der Waals surface area contributed by atoms with Crippen LogP contribution in [0.1, 0.15) is 22.2 Å². The van der Waals surface area contributed by atoms with Crippen LogP contribution in [0.2, 0.25) is 0 Å². The fourth-order valence-electron chi connectivity index (χ4n) is 3.01. The van der Waals surface area contributed by atoms with Gasteiger partial charge in [-0.15, -0.1) is 22.7 Å². The number of alkyl halides is 3. The summed E-state index contributed by atoms with van der Waals surface area (Å²) in [5.41, 5.74) is 0.714. The molecule has 0 aliphatic carbocycles. The summed E-state index contributed by atoms with van der Waals surface area (Å²) in [4.78, 5) is 19.7. The largest absolute Gasteiger partial charge is 0.416 e. The molecule has 3 aromatic heterocycles. The van der Waals surface area contributed by atoms with Gasteiger partial charge in [0.2, 0.25) is 0 Å². The van der Waals surface area contributed by atoms with Gasteiger partial charge in [0.15, 0.2) is 0 Å². The Balaban J connectivity index is 1.70. The molecule has 0 fully saturated rings. The summed E-state index contributed by atoms with van der Waals surface area (Å²) in [6.45, 7) is 2.49. The number of carbonyl (C=O) groups is 1. The minimum absolute atomic E-state index is 0.0852. The number of hydrogen-bond acceptors (Lipinski definition) is 5. The quantitative estimate of drug-likeness (QED) is 0.357. The van der Waals surface area contributed by atoms with Crippen LogP contribution in [-0.2, 0) is 6.18 Å². The van der Waals surface area contributed by atoms with Gasteiger partial charge in [-0.05, 0) is 48.7 Å². The maximum atomic E-state index is 13.0. The van der Waals surface area contributed by atoms with Crippen molar-refractivity contribution in [1.82, 2.24) is 4.98 Å². The van der Waals surface area contributed by atoms with Gasteiger partial charge in [0, 0.05) is 17.6 Å². The third-order valence-electron chi connectivity index (χ3n) is 4.34. The van der Waals surface area contributed by atoms with E-state index in [1.54, 1.807) is 11.3 Å². The highest BCUT2D eigenvalue weighted by Gasteiger charge is 2.30. The zero-order valence-corrected chi connectivity index (χ0v) is 17.3. The van der Waals surface area contributed by atoms with Gasteiger partial charge in [-0.1, -0.05) is 12.1 Å². The summed E-state index contributed by atoms with van der Waals surface area (Å²) >= 11 is 2.78. The summed E-state index contributed by atoms with van der Waals surface area (Å²) < 4.78 is 38.9. The number of thiophene rings is 2. The molecule has 0 spiro atoms. The lowest BCUT2D eigenvalue weighted by molar-refractivity contribution is -0.137. The molecule has 0 unspecified atom stereocenters. The van der Waals surface area contributed by atoms with Crippen LogP contribution < -0.4 is 10.6 Å². The first-order valence-electron chi connectivity index (χ1n) is 9.06. The summed E-state index contributed by atoms with van der Waals surface area (Å²) in [7, 11) is 0. The molecule has 4 aromatic rings. The van der Waals surface area contributed by atoms with E-state index in [4.69, 9.17) is 0 Å². The molecule has 2 N–H and O–H groups in total. The number of hydrogen-bond donors (Lipinski definition) is 2. The minimum atomic E-state index is -4.48. The van der Waals surface area contributed by atoms with Crippen molar-refractivity contribution < 1.29 is 18.0 Å². The van der Waals surface area contributed by atoms with Crippen molar-refractivity contribution in [2.45, 2.75) is 13.1 Å². The molecule has 0 saturated heterocycles. The summed E-state index contributed by atoms with van der Waals surface area (Å²) in [5, 5.41) is 8.53. The van der Waals surface area contributed by atoms with Crippen molar-refractivity contribution >= 4 is 50.2 Å². The Morgan fingerprint density at radius 2 is 1.97 bits per heavy atom. The standard InChI is InChI=1S/C21H16F3N3OS2/c1-2-25-17-14-8-9-15(16-7-4-10-29-16)27-20(14)30-18(17)19(28)26-13-6-3-5-12(11-13)21(22,23)24/h3-11,25H,2H2,1H3,(H,26,28). The van der Waals surface area contributed by atoms with Crippen molar-refractivity contribution in [3.05, 3.63) is 64.4 Å². The summed E-state index contributed by atoms with van der Waals surface area (Å²) in [6, 6.07) is 12.3. The van der Waals surface area contributed by atoms with Crippen LogP contribution in [0.3, 0.4) is 0 Å². The van der Waals surface area contributed by atoms with Gasteiger partial charge in [-0.3, -0.25) is 4.79 Å². The molecule has 4 nitrogen and oxygen atoms in total. The molecule has 3 heterocycles. The smallest absolute Gasteiger partial charge is 0.383 e. The molecule has 0 bridgehead atoms. The first-order valence-corrected chi connectivity index (χ1v) is 10.8. The fraction of sp³-hybridized carbons (Fsp3) is 0.143. The number of rotatable bonds is 5. The van der Waals surface area contributed by atoms with E-state index in [1.165, 1.54) is 23.5 Å². The van der Waals surface area contributed by atoms with Gasteiger partial charge >= 0.3 is 6.18 Å². The van der Waals surface area contributed by atoms with E-state index in [0.29, 0.717) is 21.9 Å². The van der Waals surface area contributed by atoms with Gasteiger partial charge in [0.1, 0.15) is 9.71 Å². The molecule has 0 radical (unpaired) electrons. The molecule has 0 saturated carbocycles. The zero-order chi connectivity index (χ0) is 21.3. The third-order valence-corrected chi connectivity index (χ3v) is 6.33. The molecule has 0 atom stereocenters. The average molecular weight is 448 g/mol. The highest BCUT2D eigenvalue weighted by molar-refractivity contribution is 7.21. The van der Waals surface area contributed by atoms with Crippen LogP contribution in [0.25, 0.3) is 20.8 Å². The zero-order valence-electron chi connectivity index (χ0n) is 15.7. The van der Waals surface area contributed by atoms with Gasteiger partial charge in [-0.25, -0.2) is 4.98 Å². The van der Waals surface area contributed by atoms with Gasteiger partial charge in [0.05, 0.1) is 21.8 Å². The second-order valence-corrected chi connectivity index (χ2v) is 8.34. The van der Waals surface area contributed by atoms with Gasteiger partial charge in [0.25, 0.3) is 5.91 Å². The van der Waals surface area contributed by atoms with Gasteiger partial charge in [-0.2, -0.15) is 13.2 Å². The summed E-state index contributed by atoms with van der Waals surface area (Å²) in [5.74, 6) is -0.481. The normalized spacial score (nSPS) is 11.6. The molecule has 0 aliphatic heterocycles. The third kappa shape index (κ3) is 4.03. The second kappa shape index (κ2) is 8.08. The van der Waals surface area contributed by atoms with Gasteiger partial charge < -0.3 is 10.6 Å². The molecular formula is C21H16F3N3OS2. The Hall–Kier alpha value is -2.91. The number of nitrogens with one attached hydrogen (secondary N) is 2. The number of fused-ring (bicyclic) bond motifs is 1. The number of halogens is 3. The monoisotopic (exact) mass is 447 g/mol. The lowest BCUT2D eigenvalue weighted by atomic mass is 10.2. The maximum absolute atomic E-state index is 13.0. The van der Waals surface area contributed by atoms with Crippen molar-refractivity contribution in [2.24, 2.45) is 0 Å². The van der Waals surface area contributed by atoms with Crippen LogP contribution in [-0.4, -0.2) is 17.4 Å². The molecule has 1 aromatic carbocycles. The van der Waals surface area contributed by atoms with Crippen LogP contribution >= 0.6 is 22.7 Å². The first kappa shape index (κ1) is 20.4. The van der Waals surface area contributed by atoms with Crippen molar-refractivity contribution in [2.75, 3.05) is 17.2 Å². The number of anilines is 2. The Morgan fingerprint density at radius 1 is 1.13 bits per heavy atom. The van der Waals surface area contributed by atoms with E-state index in [9.17, 15) is 18.0 Å². The molecule has 154 valence electrons. The highest BCUT2D eigenvalue weighted by Crippen LogP contribution is 2.37. The van der Waals surface area contributed by atoms with E-state index in [0.717, 1.165) is 28.1 Å². The van der Waals surface area contributed by atoms with Crippen LogP contribution in [0, 0.1) is 0 Å².